The molecule has 7 amide bonds. The molecular weight excluding hydrogens is 516 g/mol. The molecule has 0 aromatic heterocycles. The molecule has 2 spiro atoms. The monoisotopic (exact) mass is 556 g/mol. The lowest BCUT2D eigenvalue weighted by molar-refractivity contribution is -0.151. The Balaban J connectivity index is 1.16. The van der Waals surface area contributed by atoms with Gasteiger partial charge in [0, 0.05) is 39.4 Å². The highest BCUT2D eigenvalue weighted by Crippen LogP contribution is 2.61. The molecule has 6 rings (SSSR count). The minimum absolute atomic E-state index is 0.125. The van der Waals surface area contributed by atoms with E-state index in [0.29, 0.717) is 51.4 Å². The lowest BCUT2D eigenvalue weighted by Crippen LogP contribution is -2.66. The topological polar surface area (TPSA) is 160 Å². The van der Waals surface area contributed by atoms with E-state index in [1.54, 1.807) is 7.05 Å². The van der Waals surface area contributed by atoms with Gasteiger partial charge in [-0.3, -0.25) is 29.1 Å². The number of carbonyl (C=O) groups excluding carboxylic acids is 5. The fraction of sp³-hybridized carbons (Fsp3) is 0.750. The maximum absolute atomic E-state index is 13.5. The van der Waals surface area contributed by atoms with Gasteiger partial charge in [-0.1, -0.05) is 6.42 Å². The third-order valence-corrected chi connectivity index (χ3v) is 10.5. The van der Waals surface area contributed by atoms with Gasteiger partial charge in [-0.25, -0.2) is 9.59 Å². The fourth-order valence-corrected chi connectivity index (χ4v) is 7.99. The second-order valence-electron chi connectivity index (χ2n) is 12.9. The molecule has 3 heterocycles. The molecule has 6 aliphatic rings. The highest BCUT2D eigenvalue weighted by atomic mass is 16.5. The smallest absolute Gasteiger partial charge is 0.334 e. The SMILES string of the molecule is CN1C(=O)N(CC2CCOCC2)C2(CC3(CCC(N4C(=O)C(=C(N)N)C(=O)N(CC5CCC5)C4=O)CC3)C2)C1=O. The van der Waals surface area contributed by atoms with Crippen LogP contribution in [-0.2, 0) is 19.1 Å². The van der Waals surface area contributed by atoms with Gasteiger partial charge in [0.15, 0.2) is 0 Å². The third kappa shape index (κ3) is 4.09. The third-order valence-electron chi connectivity index (χ3n) is 10.5. The van der Waals surface area contributed by atoms with E-state index in [2.05, 4.69) is 0 Å². The van der Waals surface area contributed by atoms with Gasteiger partial charge in [0.2, 0.25) is 0 Å². The summed E-state index contributed by atoms with van der Waals surface area (Å²) in [5, 5.41) is 0. The van der Waals surface area contributed by atoms with Gasteiger partial charge in [-0.05, 0) is 81.5 Å². The minimum atomic E-state index is -0.802. The van der Waals surface area contributed by atoms with Gasteiger partial charge in [0.05, 0.1) is 0 Å². The molecule has 0 unspecified atom stereocenters. The summed E-state index contributed by atoms with van der Waals surface area (Å²) in [5.41, 5.74) is 10.3. The van der Waals surface area contributed by atoms with Crippen LogP contribution in [0.2, 0.25) is 0 Å². The largest absolute Gasteiger partial charge is 0.385 e. The van der Waals surface area contributed by atoms with Crippen molar-refractivity contribution in [2.45, 2.75) is 82.2 Å². The average Bonchev–Trinajstić information content (AvgIpc) is 3.05. The van der Waals surface area contributed by atoms with E-state index in [1.807, 2.05) is 4.90 Å². The maximum Gasteiger partial charge on any atom is 0.334 e. The summed E-state index contributed by atoms with van der Waals surface area (Å²) in [7, 11) is 1.57. The lowest BCUT2D eigenvalue weighted by atomic mass is 9.51. The molecule has 218 valence electrons. The number of barbiturate groups is 1. The number of likely N-dealkylation sites (N-methyl/N-ethyl adjacent to an activating group) is 1. The molecule has 3 aliphatic carbocycles. The highest BCUT2D eigenvalue weighted by Gasteiger charge is 2.68. The Morgan fingerprint density at radius 3 is 2.05 bits per heavy atom. The summed E-state index contributed by atoms with van der Waals surface area (Å²) in [6, 6.07) is -1.19. The molecule has 40 heavy (non-hydrogen) atoms. The Hall–Kier alpha value is -3.15. The second kappa shape index (κ2) is 9.74. The summed E-state index contributed by atoms with van der Waals surface area (Å²) in [5.74, 6) is -1.36. The van der Waals surface area contributed by atoms with E-state index in [4.69, 9.17) is 16.2 Å². The standard InChI is InChI=1S/C28H40N6O6/c1-31-24(37)28(33(25(31)38)14-18-7-11-40-12-8-18)15-27(16-28)9-5-19(6-10-27)34-23(36)20(21(29)30)22(35)32(26(34)39)13-17-3-2-4-17/h17-19H,2-16,29-30H2,1H3. The predicted molar refractivity (Wildman–Crippen MR) is 142 cm³/mol. The molecule has 0 bridgehead atoms. The number of urea groups is 2. The number of imide groups is 3. The number of rotatable bonds is 5. The number of nitrogens with zero attached hydrogens (tertiary/aromatic N) is 4. The van der Waals surface area contributed by atoms with Crippen LogP contribution in [0.25, 0.3) is 0 Å². The normalized spacial score (nSPS) is 33.9. The molecule has 3 saturated carbocycles. The van der Waals surface area contributed by atoms with Crippen molar-refractivity contribution in [1.82, 2.24) is 19.6 Å². The zero-order valence-electron chi connectivity index (χ0n) is 23.2. The Morgan fingerprint density at radius 2 is 1.48 bits per heavy atom. The summed E-state index contributed by atoms with van der Waals surface area (Å²) in [4.78, 5) is 71.7. The van der Waals surface area contributed by atoms with Crippen LogP contribution in [0.3, 0.4) is 0 Å². The van der Waals surface area contributed by atoms with Crippen LogP contribution in [0.15, 0.2) is 11.4 Å². The van der Waals surface area contributed by atoms with Gasteiger partial charge in [-0.2, -0.15) is 0 Å². The van der Waals surface area contributed by atoms with Crippen molar-refractivity contribution in [3.8, 4) is 0 Å². The molecule has 0 radical (unpaired) electrons. The van der Waals surface area contributed by atoms with Crippen molar-refractivity contribution >= 4 is 29.8 Å². The first-order chi connectivity index (χ1) is 19.1. The van der Waals surface area contributed by atoms with Crippen LogP contribution >= 0.6 is 0 Å². The van der Waals surface area contributed by atoms with Crippen molar-refractivity contribution in [1.29, 1.82) is 0 Å². The van der Waals surface area contributed by atoms with Crippen LogP contribution in [0.4, 0.5) is 9.59 Å². The number of amides is 7. The second-order valence-corrected chi connectivity index (χ2v) is 12.9. The fourth-order valence-electron chi connectivity index (χ4n) is 7.99. The van der Waals surface area contributed by atoms with Crippen molar-refractivity contribution in [3.63, 3.8) is 0 Å². The Bertz CT molecular complexity index is 1150. The number of nitrogens with two attached hydrogens (primary N) is 2. The summed E-state index contributed by atoms with van der Waals surface area (Å²) >= 11 is 0. The van der Waals surface area contributed by atoms with Crippen molar-refractivity contribution in [3.05, 3.63) is 11.4 Å². The van der Waals surface area contributed by atoms with E-state index in [-0.39, 0.29) is 47.3 Å². The molecule has 3 aliphatic heterocycles. The van der Waals surface area contributed by atoms with E-state index in [1.165, 1.54) is 9.80 Å². The van der Waals surface area contributed by atoms with E-state index in [9.17, 15) is 24.0 Å². The number of hydrogen-bond donors (Lipinski definition) is 2. The van der Waals surface area contributed by atoms with Crippen molar-refractivity contribution < 1.29 is 28.7 Å². The van der Waals surface area contributed by atoms with Gasteiger partial charge in [0.1, 0.15) is 16.9 Å². The quantitative estimate of drug-likeness (QED) is 0.293. The van der Waals surface area contributed by atoms with E-state index < -0.39 is 23.4 Å². The maximum atomic E-state index is 13.5. The van der Waals surface area contributed by atoms with Gasteiger partial charge >= 0.3 is 12.1 Å². The average molecular weight is 557 g/mol. The molecule has 12 heteroatoms. The highest BCUT2D eigenvalue weighted by molar-refractivity contribution is 6.29. The lowest BCUT2D eigenvalue weighted by Gasteiger charge is -2.59. The number of carbonyl (C=O) groups is 5. The summed E-state index contributed by atoms with van der Waals surface area (Å²) in [6.07, 6.45) is 8.48. The Morgan fingerprint density at radius 1 is 0.850 bits per heavy atom. The molecule has 0 aromatic rings. The molecule has 6 fully saturated rings. The Kier molecular flexibility index (Phi) is 6.59. The van der Waals surface area contributed by atoms with Gasteiger partial charge < -0.3 is 21.1 Å². The molecule has 0 atom stereocenters. The predicted octanol–water partition coefficient (Wildman–Crippen LogP) is 1.49. The molecular formula is C28H40N6O6. The van der Waals surface area contributed by atoms with Crippen molar-refractivity contribution in [2.75, 3.05) is 33.4 Å². The van der Waals surface area contributed by atoms with E-state index >= 15 is 0 Å². The minimum Gasteiger partial charge on any atom is -0.385 e. The first kappa shape index (κ1) is 27.0. The van der Waals surface area contributed by atoms with E-state index in [0.717, 1.165) is 49.8 Å². The molecule has 4 N–H and O–H groups in total. The summed E-state index contributed by atoms with van der Waals surface area (Å²) in [6.45, 7) is 2.19. The van der Waals surface area contributed by atoms with Crippen LogP contribution in [0, 0.1) is 17.3 Å². The van der Waals surface area contributed by atoms with Crippen molar-refractivity contribution in [2.24, 2.45) is 28.7 Å². The molecule has 0 aromatic carbocycles. The number of hydrogen-bond acceptors (Lipinski definition) is 8. The number of ether oxygens (including phenoxy) is 1. The van der Waals surface area contributed by atoms with Crippen LogP contribution in [0.1, 0.15) is 70.6 Å². The first-order valence-corrected chi connectivity index (χ1v) is 14.7. The van der Waals surface area contributed by atoms with Crippen LogP contribution in [-0.4, -0.2) is 94.3 Å². The van der Waals surface area contributed by atoms with Crippen LogP contribution < -0.4 is 11.5 Å². The zero-order valence-corrected chi connectivity index (χ0v) is 23.2. The van der Waals surface area contributed by atoms with Gasteiger partial charge in [0.25, 0.3) is 17.7 Å². The Labute approximate surface area is 234 Å². The first-order valence-electron chi connectivity index (χ1n) is 14.7. The summed E-state index contributed by atoms with van der Waals surface area (Å²) < 4.78 is 5.48. The van der Waals surface area contributed by atoms with Crippen LogP contribution in [0.5, 0.6) is 0 Å². The van der Waals surface area contributed by atoms with Gasteiger partial charge in [-0.15, -0.1) is 0 Å². The zero-order chi connectivity index (χ0) is 28.4. The molecule has 12 nitrogen and oxygen atoms in total. The molecule has 3 saturated heterocycles.